The third-order valence-corrected chi connectivity index (χ3v) is 4.44. The summed E-state index contributed by atoms with van der Waals surface area (Å²) in [6.45, 7) is 1.72. The Hall–Kier alpha value is -2.80. The second-order valence-corrected chi connectivity index (χ2v) is 6.00. The third kappa shape index (κ3) is 2.63. The average molecular weight is 322 g/mol. The Morgan fingerprint density at radius 3 is 3.08 bits per heavy atom. The van der Waals surface area contributed by atoms with Gasteiger partial charge in [0.15, 0.2) is 0 Å². The molecule has 122 valence electrons. The van der Waals surface area contributed by atoms with Crippen molar-refractivity contribution in [2.24, 2.45) is 5.73 Å². The highest BCUT2D eigenvalue weighted by Gasteiger charge is 2.29. The first-order chi connectivity index (χ1) is 11.7. The molecule has 1 saturated heterocycles. The second-order valence-electron chi connectivity index (χ2n) is 6.00. The van der Waals surface area contributed by atoms with E-state index in [2.05, 4.69) is 15.3 Å². The van der Waals surface area contributed by atoms with Gasteiger partial charge < -0.3 is 10.6 Å². The molecular weight excluding hydrogens is 304 g/mol. The molecule has 0 aliphatic carbocycles. The molecule has 2 aromatic heterocycles. The van der Waals surface area contributed by atoms with E-state index in [0.29, 0.717) is 25.2 Å². The summed E-state index contributed by atoms with van der Waals surface area (Å²) in [7, 11) is 0. The lowest BCUT2D eigenvalue weighted by molar-refractivity contribution is 0.0787. The van der Waals surface area contributed by atoms with Crippen molar-refractivity contribution in [3.05, 3.63) is 54.0 Å². The second kappa shape index (κ2) is 6.01. The monoisotopic (exact) mass is 322 g/mol. The molecule has 1 unspecified atom stereocenters. The molecule has 2 N–H and O–H groups in total. The molecule has 1 atom stereocenters. The summed E-state index contributed by atoms with van der Waals surface area (Å²) in [5.74, 6) is 0.0317. The van der Waals surface area contributed by atoms with Gasteiger partial charge in [0, 0.05) is 36.8 Å². The molecule has 7 nitrogen and oxygen atoms in total. The predicted molar refractivity (Wildman–Crippen MR) is 89.2 cm³/mol. The molecule has 3 aromatic rings. The van der Waals surface area contributed by atoms with Gasteiger partial charge in [-0.05, 0) is 24.6 Å². The van der Waals surface area contributed by atoms with Gasteiger partial charge in [0.2, 0.25) is 0 Å². The van der Waals surface area contributed by atoms with Gasteiger partial charge in [0.05, 0.1) is 23.4 Å². The first-order valence-electron chi connectivity index (χ1n) is 7.99. The van der Waals surface area contributed by atoms with Crippen molar-refractivity contribution in [1.29, 1.82) is 0 Å². The van der Waals surface area contributed by atoms with Crippen LogP contribution in [0, 0.1) is 0 Å². The first-order valence-corrected chi connectivity index (χ1v) is 7.99. The zero-order valence-corrected chi connectivity index (χ0v) is 13.2. The summed E-state index contributed by atoms with van der Waals surface area (Å²) in [5, 5.41) is 9.17. The van der Waals surface area contributed by atoms with Gasteiger partial charge in [-0.15, -0.1) is 5.10 Å². The number of amides is 1. The Bertz CT molecular complexity index is 889. The van der Waals surface area contributed by atoms with E-state index in [4.69, 9.17) is 5.73 Å². The molecule has 1 aliphatic rings. The van der Waals surface area contributed by atoms with Crippen LogP contribution in [0.1, 0.15) is 28.5 Å². The number of pyridine rings is 1. The Morgan fingerprint density at radius 2 is 2.25 bits per heavy atom. The number of nitrogens with two attached hydrogens (primary N) is 1. The highest BCUT2D eigenvalue weighted by Crippen LogP contribution is 2.23. The van der Waals surface area contributed by atoms with E-state index < -0.39 is 0 Å². The van der Waals surface area contributed by atoms with E-state index in [0.717, 1.165) is 23.0 Å². The minimum atomic E-state index is 0.0317. The molecule has 4 rings (SSSR count). The quantitative estimate of drug-likeness (QED) is 0.786. The maximum Gasteiger partial charge on any atom is 0.254 e. The normalized spacial score (nSPS) is 17.5. The molecule has 1 aliphatic heterocycles. The number of aromatic nitrogens is 4. The van der Waals surface area contributed by atoms with Crippen molar-refractivity contribution in [3.8, 4) is 0 Å². The fraction of sp³-hybridized carbons (Fsp3) is 0.294. The Morgan fingerprint density at radius 1 is 1.33 bits per heavy atom. The summed E-state index contributed by atoms with van der Waals surface area (Å²) < 4.78 is 1.82. The third-order valence-electron chi connectivity index (χ3n) is 4.44. The number of likely N-dealkylation sites (tertiary alicyclic amines) is 1. The maximum atomic E-state index is 12.8. The standard InChI is InChI=1S/C17H18N6O/c18-9-14-10-23(21-20-14)15-5-7-22(11-15)17(24)13-4-3-12-2-1-6-19-16(12)8-13/h1-4,6,8,10,15H,5,7,9,11,18H2. The summed E-state index contributed by atoms with van der Waals surface area (Å²) in [4.78, 5) is 18.9. The first kappa shape index (κ1) is 14.8. The smallest absolute Gasteiger partial charge is 0.254 e. The summed E-state index contributed by atoms with van der Waals surface area (Å²) in [6.07, 6.45) is 4.46. The van der Waals surface area contributed by atoms with Crippen molar-refractivity contribution in [2.75, 3.05) is 13.1 Å². The molecule has 0 saturated carbocycles. The molecule has 1 amide bonds. The molecule has 0 radical (unpaired) electrons. The minimum Gasteiger partial charge on any atom is -0.336 e. The van der Waals surface area contributed by atoms with Gasteiger partial charge in [-0.1, -0.05) is 17.3 Å². The predicted octanol–water partition coefficient (Wildman–Crippen LogP) is 1.37. The Labute approximate surface area is 139 Å². The molecule has 1 aromatic carbocycles. The van der Waals surface area contributed by atoms with Crippen LogP contribution in [0.15, 0.2) is 42.7 Å². The molecule has 0 bridgehead atoms. The number of benzene rings is 1. The fourth-order valence-electron chi connectivity index (χ4n) is 3.11. The van der Waals surface area contributed by atoms with Crippen LogP contribution in [0.4, 0.5) is 0 Å². The zero-order valence-electron chi connectivity index (χ0n) is 13.2. The number of fused-ring (bicyclic) bond motifs is 1. The van der Waals surface area contributed by atoms with Crippen LogP contribution in [0.25, 0.3) is 10.9 Å². The summed E-state index contributed by atoms with van der Waals surface area (Å²) in [6, 6.07) is 9.69. The van der Waals surface area contributed by atoms with Crippen molar-refractivity contribution in [2.45, 2.75) is 19.0 Å². The van der Waals surface area contributed by atoms with Crippen LogP contribution in [-0.4, -0.2) is 43.9 Å². The van der Waals surface area contributed by atoms with E-state index in [1.165, 1.54) is 0 Å². The average Bonchev–Trinajstić information content (AvgIpc) is 3.29. The lowest BCUT2D eigenvalue weighted by Gasteiger charge is -2.16. The summed E-state index contributed by atoms with van der Waals surface area (Å²) in [5.41, 5.74) is 7.84. The van der Waals surface area contributed by atoms with Gasteiger partial charge >= 0.3 is 0 Å². The van der Waals surface area contributed by atoms with Crippen LogP contribution >= 0.6 is 0 Å². The topological polar surface area (TPSA) is 89.9 Å². The van der Waals surface area contributed by atoms with E-state index in [1.54, 1.807) is 6.20 Å². The maximum absolute atomic E-state index is 12.8. The van der Waals surface area contributed by atoms with Crippen LogP contribution in [0.3, 0.4) is 0 Å². The zero-order chi connectivity index (χ0) is 16.5. The van der Waals surface area contributed by atoms with Gasteiger partial charge in [-0.2, -0.15) is 0 Å². The van der Waals surface area contributed by atoms with Crippen LogP contribution in [-0.2, 0) is 6.54 Å². The van der Waals surface area contributed by atoms with E-state index in [9.17, 15) is 4.79 Å². The van der Waals surface area contributed by atoms with Crippen molar-refractivity contribution < 1.29 is 4.79 Å². The van der Waals surface area contributed by atoms with E-state index >= 15 is 0 Å². The molecule has 7 heteroatoms. The SMILES string of the molecule is NCc1cn(C2CCN(C(=O)c3ccc4cccnc4c3)C2)nn1. The number of hydrogen-bond acceptors (Lipinski definition) is 5. The summed E-state index contributed by atoms with van der Waals surface area (Å²) >= 11 is 0. The number of carbonyl (C=O) groups is 1. The van der Waals surface area contributed by atoms with Crippen molar-refractivity contribution >= 4 is 16.8 Å². The molecule has 0 spiro atoms. The highest BCUT2D eigenvalue weighted by molar-refractivity contribution is 5.97. The van der Waals surface area contributed by atoms with Gasteiger partial charge in [-0.25, -0.2) is 4.68 Å². The number of hydrogen-bond donors (Lipinski definition) is 1. The van der Waals surface area contributed by atoms with Gasteiger partial charge in [-0.3, -0.25) is 9.78 Å². The van der Waals surface area contributed by atoms with E-state index in [-0.39, 0.29) is 11.9 Å². The van der Waals surface area contributed by atoms with Crippen molar-refractivity contribution in [3.63, 3.8) is 0 Å². The number of rotatable bonds is 3. The van der Waals surface area contributed by atoms with Crippen LogP contribution in [0.2, 0.25) is 0 Å². The fourth-order valence-corrected chi connectivity index (χ4v) is 3.11. The lowest BCUT2D eigenvalue weighted by atomic mass is 10.1. The highest BCUT2D eigenvalue weighted by atomic mass is 16.2. The van der Waals surface area contributed by atoms with E-state index in [1.807, 2.05) is 46.1 Å². The van der Waals surface area contributed by atoms with Crippen molar-refractivity contribution in [1.82, 2.24) is 24.9 Å². The van der Waals surface area contributed by atoms with Crippen LogP contribution in [0.5, 0.6) is 0 Å². The number of nitrogens with zero attached hydrogens (tertiary/aromatic N) is 5. The Balaban J connectivity index is 1.52. The molecule has 3 heterocycles. The molecule has 24 heavy (non-hydrogen) atoms. The largest absolute Gasteiger partial charge is 0.336 e. The van der Waals surface area contributed by atoms with Gasteiger partial charge in [0.25, 0.3) is 5.91 Å². The number of carbonyl (C=O) groups excluding carboxylic acids is 1. The minimum absolute atomic E-state index is 0.0317. The van der Waals surface area contributed by atoms with Gasteiger partial charge in [0.1, 0.15) is 0 Å². The van der Waals surface area contributed by atoms with Crippen LogP contribution < -0.4 is 5.73 Å². The Kier molecular flexibility index (Phi) is 3.70. The lowest BCUT2D eigenvalue weighted by Crippen LogP contribution is -2.29. The molecule has 1 fully saturated rings. The molecular formula is C17H18N6O.